The molecular weight excluding hydrogens is 296 g/mol. The molecule has 0 saturated heterocycles. The highest BCUT2D eigenvalue weighted by atomic mass is 16.6. The summed E-state index contributed by atoms with van der Waals surface area (Å²) < 4.78 is 16.3. The number of anilines is 1. The van der Waals surface area contributed by atoms with Gasteiger partial charge in [-0.15, -0.1) is 0 Å². The number of furan rings is 1. The van der Waals surface area contributed by atoms with Gasteiger partial charge in [-0.05, 0) is 31.3 Å². The summed E-state index contributed by atoms with van der Waals surface area (Å²) in [5, 5.41) is 2.88. The lowest BCUT2D eigenvalue weighted by atomic mass is 10.2. The number of hydrogen-bond donors (Lipinski definition) is 1. The Hall–Kier alpha value is -2.47. The van der Waals surface area contributed by atoms with Crippen molar-refractivity contribution in [3.05, 3.63) is 42.4 Å². The predicted molar refractivity (Wildman–Crippen MR) is 85.7 cm³/mol. The van der Waals surface area contributed by atoms with Crippen LogP contribution in [-0.2, 0) is 11.3 Å². The van der Waals surface area contributed by atoms with E-state index in [2.05, 4.69) is 5.32 Å². The maximum absolute atomic E-state index is 12.1. The lowest BCUT2D eigenvalue weighted by Crippen LogP contribution is -2.24. The smallest absolute Gasteiger partial charge is 0.225 e. The number of benzene rings is 1. The molecule has 0 saturated carbocycles. The number of nitrogens with one attached hydrogen (secondary N) is 1. The first-order valence-corrected chi connectivity index (χ1v) is 7.61. The molecule has 6 heteroatoms. The Balaban J connectivity index is 1.47. The lowest BCUT2D eigenvalue weighted by molar-refractivity contribution is -0.116. The third kappa shape index (κ3) is 4.26. The fraction of sp³-hybridized carbons (Fsp3) is 0.353. The van der Waals surface area contributed by atoms with Crippen molar-refractivity contribution in [2.45, 2.75) is 13.0 Å². The molecule has 0 fully saturated rings. The third-order valence-electron chi connectivity index (χ3n) is 3.55. The van der Waals surface area contributed by atoms with Crippen LogP contribution in [0.15, 0.2) is 41.0 Å². The zero-order valence-corrected chi connectivity index (χ0v) is 13.1. The topological polar surface area (TPSA) is 63.9 Å². The second-order valence-corrected chi connectivity index (χ2v) is 5.47. The number of fused-ring (bicyclic) bond motifs is 1. The van der Waals surface area contributed by atoms with Gasteiger partial charge in [0, 0.05) is 24.7 Å². The van der Waals surface area contributed by atoms with Crippen molar-refractivity contribution in [3.63, 3.8) is 0 Å². The Morgan fingerprint density at radius 2 is 2.04 bits per heavy atom. The number of amides is 1. The van der Waals surface area contributed by atoms with Gasteiger partial charge in [-0.2, -0.15) is 0 Å². The van der Waals surface area contributed by atoms with E-state index in [-0.39, 0.29) is 5.91 Å². The van der Waals surface area contributed by atoms with Crippen LogP contribution in [0.3, 0.4) is 0 Å². The number of carbonyl (C=O) groups excluding carboxylic acids is 1. The van der Waals surface area contributed by atoms with Gasteiger partial charge in [-0.3, -0.25) is 9.69 Å². The zero-order chi connectivity index (χ0) is 16.1. The first-order valence-electron chi connectivity index (χ1n) is 7.61. The van der Waals surface area contributed by atoms with Crippen LogP contribution >= 0.6 is 0 Å². The van der Waals surface area contributed by atoms with E-state index < -0.39 is 0 Å². The van der Waals surface area contributed by atoms with Crippen LogP contribution in [0.1, 0.15) is 12.2 Å². The Morgan fingerprint density at radius 3 is 2.83 bits per heavy atom. The fourth-order valence-electron chi connectivity index (χ4n) is 2.38. The maximum atomic E-state index is 12.1. The summed E-state index contributed by atoms with van der Waals surface area (Å²) in [4.78, 5) is 14.1. The molecule has 6 nitrogen and oxygen atoms in total. The summed E-state index contributed by atoms with van der Waals surface area (Å²) in [6, 6.07) is 9.20. The van der Waals surface area contributed by atoms with Crippen molar-refractivity contribution in [2.24, 2.45) is 0 Å². The van der Waals surface area contributed by atoms with Crippen LogP contribution in [0.25, 0.3) is 0 Å². The number of nitrogens with zero attached hydrogens (tertiary/aromatic N) is 1. The minimum Gasteiger partial charge on any atom is -0.486 e. The normalized spacial score (nSPS) is 13.1. The van der Waals surface area contributed by atoms with Gasteiger partial charge in [0.05, 0.1) is 12.8 Å². The molecular formula is C17H20N2O4. The highest BCUT2D eigenvalue weighted by Gasteiger charge is 2.13. The molecule has 3 rings (SSSR count). The molecule has 122 valence electrons. The van der Waals surface area contributed by atoms with E-state index >= 15 is 0 Å². The van der Waals surface area contributed by atoms with Crippen molar-refractivity contribution < 1.29 is 18.7 Å². The van der Waals surface area contributed by atoms with Gasteiger partial charge in [0.1, 0.15) is 19.0 Å². The molecule has 1 aromatic heterocycles. The predicted octanol–water partition coefficient (Wildman–Crippen LogP) is 2.51. The van der Waals surface area contributed by atoms with Crippen LogP contribution in [0.5, 0.6) is 11.5 Å². The number of hydrogen-bond acceptors (Lipinski definition) is 5. The molecule has 0 aliphatic carbocycles. The van der Waals surface area contributed by atoms with Crippen LogP contribution in [0, 0.1) is 0 Å². The summed E-state index contributed by atoms with van der Waals surface area (Å²) in [6.45, 7) is 2.42. The summed E-state index contributed by atoms with van der Waals surface area (Å²) in [5.41, 5.74) is 0.716. The van der Waals surface area contributed by atoms with Crippen molar-refractivity contribution in [3.8, 4) is 11.5 Å². The Kier molecular flexibility index (Phi) is 4.83. The molecule has 0 atom stereocenters. The largest absolute Gasteiger partial charge is 0.486 e. The molecule has 1 N–H and O–H groups in total. The summed E-state index contributed by atoms with van der Waals surface area (Å²) in [5.74, 6) is 2.24. The van der Waals surface area contributed by atoms with Crippen molar-refractivity contribution >= 4 is 11.6 Å². The van der Waals surface area contributed by atoms with Crippen molar-refractivity contribution in [1.29, 1.82) is 0 Å². The number of ether oxygens (including phenoxy) is 2. The minimum absolute atomic E-state index is 0.0343. The SMILES string of the molecule is CN(CCC(=O)Nc1ccc2c(c1)OCCO2)Cc1ccco1. The molecule has 0 radical (unpaired) electrons. The van der Waals surface area contributed by atoms with E-state index in [0.29, 0.717) is 49.9 Å². The van der Waals surface area contributed by atoms with Gasteiger partial charge < -0.3 is 19.2 Å². The Labute approximate surface area is 135 Å². The minimum atomic E-state index is -0.0343. The van der Waals surface area contributed by atoms with E-state index in [1.807, 2.05) is 36.2 Å². The van der Waals surface area contributed by atoms with Gasteiger partial charge >= 0.3 is 0 Å². The molecule has 1 aromatic carbocycles. The Morgan fingerprint density at radius 1 is 1.22 bits per heavy atom. The van der Waals surface area contributed by atoms with Gasteiger partial charge in [0.15, 0.2) is 11.5 Å². The van der Waals surface area contributed by atoms with Gasteiger partial charge in [-0.25, -0.2) is 0 Å². The van der Waals surface area contributed by atoms with Crippen molar-refractivity contribution in [2.75, 3.05) is 32.1 Å². The second kappa shape index (κ2) is 7.19. The summed E-state index contributed by atoms with van der Waals surface area (Å²) in [6.07, 6.45) is 2.06. The molecule has 1 amide bonds. The first-order chi connectivity index (χ1) is 11.2. The monoisotopic (exact) mass is 316 g/mol. The van der Waals surface area contributed by atoms with Crippen LogP contribution < -0.4 is 14.8 Å². The van der Waals surface area contributed by atoms with Crippen molar-refractivity contribution in [1.82, 2.24) is 4.90 Å². The van der Waals surface area contributed by atoms with Crippen LogP contribution in [0.2, 0.25) is 0 Å². The quantitative estimate of drug-likeness (QED) is 0.887. The van der Waals surface area contributed by atoms with Gasteiger partial charge in [0.25, 0.3) is 0 Å². The molecule has 1 aliphatic rings. The average molecular weight is 316 g/mol. The molecule has 1 aliphatic heterocycles. The first kappa shape index (κ1) is 15.4. The molecule has 2 aromatic rings. The molecule has 23 heavy (non-hydrogen) atoms. The highest BCUT2D eigenvalue weighted by molar-refractivity contribution is 5.91. The third-order valence-corrected chi connectivity index (χ3v) is 3.55. The Bertz CT molecular complexity index is 655. The zero-order valence-electron chi connectivity index (χ0n) is 13.1. The number of rotatable bonds is 6. The maximum Gasteiger partial charge on any atom is 0.225 e. The standard InChI is InChI=1S/C17H20N2O4/c1-19(12-14-3-2-8-21-14)7-6-17(20)18-13-4-5-15-16(11-13)23-10-9-22-15/h2-5,8,11H,6-7,9-10,12H2,1H3,(H,18,20). The van der Waals surface area contributed by atoms with E-state index in [9.17, 15) is 4.79 Å². The van der Waals surface area contributed by atoms with Gasteiger partial charge in [-0.1, -0.05) is 0 Å². The second-order valence-electron chi connectivity index (χ2n) is 5.47. The number of carbonyl (C=O) groups is 1. The van der Waals surface area contributed by atoms with E-state index in [0.717, 1.165) is 5.76 Å². The van der Waals surface area contributed by atoms with E-state index in [1.54, 1.807) is 12.3 Å². The molecule has 0 bridgehead atoms. The van der Waals surface area contributed by atoms with E-state index in [1.165, 1.54) is 0 Å². The summed E-state index contributed by atoms with van der Waals surface area (Å²) in [7, 11) is 1.96. The van der Waals surface area contributed by atoms with E-state index in [4.69, 9.17) is 13.9 Å². The molecule has 2 heterocycles. The summed E-state index contributed by atoms with van der Waals surface area (Å²) >= 11 is 0. The average Bonchev–Trinajstić information content (AvgIpc) is 3.06. The fourth-order valence-corrected chi connectivity index (χ4v) is 2.38. The lowest BCUT2D eigenvalue weighted by Gasteiger charge is -2.19. The molecule has 0 spiro atoms. The van der Waals surface area contributed by atoms with Crippen LogP contribution in [0.4, 0.5) is 5.69 Å². The van der Waals surface area contributed by atoms with Gasteiger partial charge in [0.2, 0.25) is 5.91 Å². The molecule has 0 unspecified atom stereocenters. The van der Waals surface area contributed by atoms with Crippen LogP contribution in [-0.4, -0.2) is 37.6 Å². The highest BCUT2D eigenvalue weighted by Crippen LogP contribution is 2.32.